The molecule has 0 saturated carbocycles. The van der Waals surface area contributed by atoms with E-state index in [9.17, 15) is 14.0 Å². The minimum atomic E-state index is -0.260. The van der Waals surface area contributed by atoms with Crippen molar-refractivity contribution in [2.75, 3.05) is 36.4 Å². The van der Waals surface area contributed by atoms with E-state index in [1.165, 1.54) is 12.1 Å². The van der Waals surface area contributed by atoms with Crippen molar-refractivity contribution in [1.29, 1.82) is 0 Å². The third kappa shape index (κ3) is 4.91. The van der Waals surface area contributed by atoms with E-state index in [0.717, 1.165) is 18.7 Å². The molecule has 1 fully saturated rings. The van der Waals surface area contributed by atoms with Crippen LogP contribution in [-0.4, -0.2) is 42.9 Å². The van der Waals surface area contributed by atoms with Crippen molar-refractivity contribution in [3.8, 4) is 0 Å². The van der Waals surface area contributed by atoms with Crippen LogP contribution >= 0.6 is 0 Å². The third-order valence-corrected chi connectivity index (χ3v) is 5.42. The van der Waals surface area contributed by atoms with Crippen LogP contribution in [0.15, 0.2) is 78.9 Å². The van der Waals surface area contributed by atoms with Crippen LogP contribution in [0.1, 0.15) is 27.1 Å². The van der Waals surface area contributed by atoms with Gasteiger partial charge in [0.25, 0.3) is 11.8 Å². The molecule has 0 aromatic heterocycles. The second-order valence-electron chi connectivity index (χ2n) is 7.47. The van der Waals surface area contributed by atoms with E-state index in [2.05, 4.69) is 10.2 Å². The van der Waals surface area contributed by atoms with Crippen LogP contribution in [0.3, 0.4) is 0 Å². The molecule has 1 aliphatic heterocycles. The van der Waals surface area contributed by atoms with E-state index < -0.39 is 0 Å². The van der Waals surface area contributed by atoms with Gasteiger partial charge in [-0.2, -0.15) is 0 Å². The van der Waals surface area contributed by atoms with E-state index in [1.54, 1.807) is 60.7 Å². The van der Waals surface area contributed by atoms with Gasteiger partial charge in [0.15, 0.2) is 0 Å². The molecule has 0 radical (unpaired) electrons. The van der Waals surface area contributed by atoms with Gasteiger partial charge < -0.3 is 15.1 Å². The lowest BCUT2D eigenvalue weighted by atomic mass is 10.1. The number of nitrogens with zero attached hydrogens (tertiary/aromatic N) is 2. The molecule has 31 heavy (non-hydrogen) atoms. The number of para-hydroxylation sites is 1. The summed E-state index contributed by atoms with van der Waals surface area (Å²) in [6.45, 7) is 2.63. The smallest absolute Gasteiger partial charge is 0.256 e. The number of carbonyl (C=O) groups excluding carboxylic acids is 2. The molecule has 5 nitrogen and oxygen atoms in total. The standard InChI is InChI=1S/C25H24FN3O2/c26-20-11-13-21(14-12-20)28-15-6-16-29(18-17-28)25(31)22-9-4-5-10-23(22)27-24(30)19-7-2-1-3-8-19/h1-5,7-14H,6,15-18H2,(H,27,30). The summed E-state index contributed by atoms with van der Waals surface area (Å²) in [4.78, 5) is 29.8. The van der Waals surface area contributed by atoms with Crippen molar-refractivity contribution in [3.05, 3.63) is 95.8 Å². The van der Waals surface area contributed by atoms with E-state index >= 15 is 0 Å². The first kappa shape index (κ1) is 20.6. The number of amides is 2. The van der Waals surface area contributed by atoms with Gasteiger partial charge in [0.1, 0.15) is 5.82 Å². The summed E-state index contributed by atoms with van der Waals surface area (Å²) in [6, 6.07) is 22.4. The highest BCUT2D eigenvalue weighted by molar-refractivity contribution is 6.09. The molecule has 4 rings (SSSR count). The third-order valence-electron chi connectivity index (χ3n) is 5.42. The van der Waals surface area contributed by atoms with Crippen molar-refractivity contribution < 1.29 is 14.0 Å². The van der Waals surface area contributed by atoms with Gasteiger partial charge in [0.05, 0.1) is 11.3 Å². The SMILES string of the molecule is O=C(Nc1ccccc1C(=O)N1CCCN(c2ccc(F)cc2)CC1)c1ccccc1. The Morgan fingerprint density at radius 2 is 1.48 bits per heavy atom. The molecule has 1 N–H and O–H groups in total. The van der Waals surface area contributed by atoms with Crippen LogP contribution in [0, 0.1) is 5.82 Å². The van der Waals surface area contributed by atoms with Crippen LogP contribution in [0.25, 0.3) is 0 Å². The number of rotatable bonds is 4. The zero-order chi connectivity index (χ0) is 21.6. The molecule has 1 saturated heterocycles. The molecule has 0 bridgehead atoms. The van der Waals surface area contributed by atoms with Gasteiger partial charge in [0.2, 0.25) is 0 Å². The molecule has 2 amide bonds. The van der Waals surface area contributed by atoms with Gasteiger partial charge in [0, 0.05) is 37.4 Å². The van der Waals surface area contributed by atoms with E-state index in [-0.39, 0.29) is 17.6 Å². The van der Waals surface area contributed by atoms with Gasteiger partial charge in [-0.15, -0.1) is 0 Å². The number of nitrogens with one attached hydrogen (secondary N) is 1. The Bertz CT molecular complexity index is 1050. The summed E-state index contributed by atoms with van der Waals surface area (Å²) in [5.74, 6) is -0.617. The fraction of sp³-hybridized carbons (Fsp3) is 0.200. The summed E-state index contributed by atoms with van der Waals surface area (Å²) in [5.41, 5.74) is 2.46. The molecule has 1 heterocycles. The van der Waals surface area contributed by atoms with Crippen molar-refractivity contribution in [1.82, 2.24) is 4.90 Å². The Balaban J connectivity index is 1.47. The molecular formula is C25H24FN3O2. The summed E-state index contributed by atoms with van der Waals surface area (Å²) in [6.07, 6.45) is 0.807. The maximum Gasteiger partial charge on any atom is 0.256 e. The average Bonchev–Trinajstić information content (AvgIpc) is 3.06. The Morgan fingerprint density at radius 1 is 0.774 bits per heavy atom. The lowest BCUT2D eigenvalue weighted by molar-refractivity contribution is 0.0768. The first-order chi connectivity index (χ1) is 15.1. The molecule has 158 valence electrons. The van der Waals surface area contributed by atoms with E-state index in [1.807, 2.05) is 11.0 Å². The highest BCUT2D eigenvalue weighted by Gasteiger charge is 2.23. The topological polar surface area (TPSA) is 52.7 Å². The van der Waals surface area contributed by atoms with Gasteiger partial charge in [-0.3, -0.25) is 9.59 Å². The van der Waals surface area contributed by atoms with Crippen molar-refractivity contribution in [2.24, 2.45) is 0 Å². The normalized spacial score (nSPS) is 14.1. The molecule has 0 aliphatic carbocycles. The Labute approximate surface area is 181 Å². The zero-order valence-electron chi connectivity index (χ0n) is 17.1. The first-order valence-electron chi connectivity index (χ1n) is 10.4. The zero-order valence-corrected chi connectivity index (χ0v) is 17.1. The van der Waals surface area contributed by atoms with Gasteiger partial charge in [-0.05, 0) is 55.0 Å². The highest BCUT2D eigenvalue weighted by atomic mass is 19.1. The van der Waals surface area contributed by atoms with E-state index in [0.29, 0.717) is 36.4 Å². The fourth-order valence-corrected chi connectivity index (χ4v) is 3.76. The highest BCUT2D eigenvalue weighted by Crippen LogP contribution is 2.21. The number of carbonyl (C=O) groups is 2. The number of hydrogen-bond donors (Lipinski definition) is 1. The predicted molar refractivity (Wildman–Crippen MR) is 120 cm³/mol. The molecule has 6 heteroatoms. The molecule has 0 unspecified atom stereocenters. The average molecular weight is 417 g/mol. The molecule has 1 aliphatic rings. The summed E-state index contributed by atoms with van der Waals surface area (Å²) in [5, 5.41) is 2.87. The van der Waals surface area contributed by atoms with Gasteiger partial charge >= 0.3 is 0 Å². The molecule has 3 aromatic rings. The van der Waals surface area contributed by atoms with Crippen LogP contribution in [0.5, 0.6) is 0 Å². The van der Waals surface area contributed by atoms with Crippen LogP contribution < -0.4 is 10.2 Å². The van der Waals surface area contributed by atoms with Crippen molar-refractivity contribution >= 4 is 23.2 Å². The number of hydrogen-bond acceptors (Lipinski definition) is 3. The van der Waals surface area contributed by atoms with Crippen molar-refractivity contribution in [3.63, 3.8) is 0 Å². The number of benzene rings is 3. The lowest BCUT2D eigenvalue weighted by Gasteiger charge is -2.24. The van der Waals surface area contributed by atoms with Crippen molar-refractivity contribution in [2.45, 2.75) is 6.42 Å². The number of anilines is 2. The predicted octanol–water partition coefficient (Wildman–Crippen LogP) is 4.43. The minimum Gasteiger partial charge on any atom is -0.370 e. The Morgan fingerprint density at radius 3 is 2.26 bits per heavy atom. The second kappa shape index (κ2) is 9.43. The fourth-order valence-electron chi connectivity index (χ4n) is 3.76. The minimum absolute atomic E-state index is 0.107. The molecular weight excluding hydrogens is 393 g/mol. The van der Waals surface area contributed by atoms with Gasteiger partial charge in [-0.25, -0.2) is 4.39 Å². The summed E-state index contributed by atoms with van der Waals surface area (Å²) in [7, 11) is 0. The Kier molecular flexibility index (Phi) is 6.26. The van der Waals surface area contributed by atoms with Crippen LogP contribution in [-0.2, 0) is 0 Å². The maximum absolute atomic E-state index is 13.3. The molecule has 3 aromatic carbocycles. The maximum atomic E-state index is 13.3. The van der Waals surface area contributed by atoms with E-state index in [4.69, 9.17) is 0 Å². The largest absolute Gasteiger partial charge is 0.370 e. The summed E-state index contributed by atoms with van der Waals surface area (Å²) >= 11 is 0. The van der Waals surface area contributed by atoms with Crippen LogP contribution in [0.2, 0.25) is 0 Å². The number of halogens is 1. The van der Waals surface area contributed by atoms with Crippen LogP contribution in [0.4, 0.5) is 15.8 Å². The summed E-state index contributed by atoms with van der Waals surface area (Å²) < 4.78 is 13.2. The lowest BCUT2D eigenvalue weighted by Crippen LogP contribution is -2.35. The Hall–Kier alpha value is -3.67. The quantitative estimate of drug-likeness (QED) is 0.683. The monoisotopic (exact) mass is 417 g/mol. The molecule has 0 atom stereocenters. The first-order valence-corrected chi connectivity index (χ1v) is 10.4. The van der Waals surface area contributed by atoms with Gasteiger partial charge in [-0.1, -0.05) is 30.3 Å². The molecule has 0 spiro atoms. The second-order valence-corrected chi connectivity index (χ2v) is 7.47.